The Hall–Kier alpha value is -4.16. The third-order valence-electron chi connectivity index (χ3n) is 6.83. The van der Waals surface area contributed by atoms with Gasteiger partial charge < -0.3 is 9.47 Å². The van der Waals surface area contributed by atoms with Gasteiger partial charge in [0.05, 0.1) is 23.4 Å². The first kappa shape index (κ1) is 23.3. The lowest BCUT2D eigenvalue weighted by molar-refractivity contribution is 0.363. The van der Waals surface area contributed by atoms with E-state index < -0.39 is 0 Å². The Morgan fingerprint density at radius 2 is 1.89 bits per heavy atom. The maximum Gasteiger partial charge on any atom is 0.271 e. The SMILES string of the molecule is C=CCOc1ccc(/C=c2/sc3n(c2=O)[C@@H](c2cccc(OC)c2)C2=C(N=3)c3ccccc3CC2)cc1. The van der Waals surface area contributed by atoms with Gasteiger partial charge in [0.15, 0.2) is 4.80 Å². The number of allylic oxidation sites excluding steroid dienone is 1. The molecule has 6 heteroatoms. The van der Waals surface area contributed by atoms with Gasteiger partial charge in [-0.2, -0.15) is 0 Å². The van der Waals surface area contributed by atoms with Gasteiger partial charge >= 0.3 is 0 Å². The van der Waals surface area contributed by atoms with Crippen molar-refractivity contribution in [3.8, 4) is 11.5 Å². The van der Waals surface area contributed by atoms with Crippen LogP contribution >= 0.6 is 11.3 Å². The molecule has 1 aliphatic heterocycles. The molecule has 1 atom stereocenters. The van der Waals surface area contributed by atoms with Crippen molar-refractivity contribution < 1.29 is 9.47 Å². The summed E-state index contributed by atoms with van der Waals surface area (Å²) in [6, 6.07) is 24.0. The maximum absolute atomic E-state index is 13.9. The van der Waals surface area contributed by atoms with E-state index in [0.29, 0.717) is 15.9 Å². The quantitative estimate of drug-likeness (QED) is 0.350. The molecule has 37 heavy (non-hydrogen) atoms. The second-order valence-electron chi connectivity index (χ2n) is 9.06. The van der Waals surface area contributed by atoms with Gasteiger partial charge in [-0.15, -0.1) is 0 Å². The maximum atomic E-state index is 13.9. The van der Waals surface area contributed by atoms with E-state index in [-0.39, 0.29) is 11.6 Å². The van der Waals surface area contributed by atoms with Crippen LogP contribution in [0, 0.1) is 0 Å². The van der Waals surface area contributed by atoms with Crippen LogP contribution in [0.15, 0.2) is 101 Å². The number of hydrogen-bond acceptors (Lipinski definition) is 5. The summed E-state index contributed by atoms with van der Waals surface area (Å²) < 4.78 is 13.6. The van der Waals surface area contributed by atoms with Crippen molar-refractivity contribution in [2.45, 2.75) is 18.9 Å². The average molecular weight is 507 g/mol. The van der Waals surface area contributed by atoms with E-state index in [2.05, 4.69) is 36.9 Å². The molecule has 0 unspecified atom stereocenters. The van der Waals surface area contributed by atoms with Crippen LogP contribution in [0.2, 0.25) is 0 Å². The average Bonchev–Trinajstić information content (AvgIpc) is 3.25. The highest BCUT2D eigenvalue weighted by atomic mass is 32.1. The minimum Gasteiger partial charge on any atom is -0.497 e. The fourth-order valence-electron chi connectivity index (χ4n) is 5.10. The van der Waals surface area contributed by atoms with Crippen molar-refractivity contribution >= 4 is 23.1 Å². The predicted octanol–water partition coefficient (Wildman–Crippen LogP) is 4.89. The summed E-state index contributed by atoms with van der Waals surface area (Å²) in [4.78, 5) is 19.7. The van der Waals surface area contributed by atoms with E-state index in [1.807, 2.05) is 53.1 Å². The van der Waals surface area contributed by atoms with Crippen LogP contribution in [0.4, 0.5) is 0 Å². The van der Waals surface area contributed by atoms with Gasteiger partial charge in [0, 0.05) is 5.56 Å². The standard InChI is InChI=1S/C31H26N2O3S/c1-3-17-36-23-14-11-20(12-15-23)18-27-30(34)33-29(22-8-6-9-24(19-22)35-2)26-16-13-21-7-4-5-10-25(21)28(26)32-31(33)37-27/h3-12,14-15,18-19,29H,1,13,16-17H2,2H3/b27-18+/t29-/m0/s1. The number of thiazole rings is 1. The normalized spacial score (nSPS) is 16.4. The van der Waals surface area contributed by atoms with Crippen LogP contribution in [0.1, 0.15) is 34.7 Å². The molecule has 2 aliphatic rings. The zero-order valence-electron chi connectivity index (χ0n) is 20.5. The van der Waals surface area contributed by atoms with E-state index in [1.165, 1.54) is 22.5 Å². The number of aryl methyl sites for hydroxylation is 1. The van der Waals surface area contributed by atoms with Crippen LogP contribution in [-0.2, 0) is 6.42 Å². The lowest BCUT2D eigenvalue weighted by Gasteiger charge is -2.31. The van der Waals surface area contributed by atoms with E-state index in [4.69, 9.17) is 14.5 Å². The van der Waals surface area contributed by atoms with Crippen molar-refractivity contribution in [1.29, 1.82) is 0 Å². The van der Waals surface area contributed by atoms with Crippen LogP contribution in [0.3, 0.4) is 0 Å². The second kappa shape index (κ2) is 9.71. The molecule has 3 aromatic carbocycles. The van der Waals surface area contributed by atoms with Gasteiger partial charge in [-0.3, -0.25) is 9.36 Å². The minimum atomic E-state index is -0.230. The summed E-state index contributed by atoms with van der Waals surface area (Å²) in [6.07, 6.45) is 5.43. The molecule has 0 bridgehead atoms. The Bertz CT molecular complexity index is 1710. The van der Waals surface area contributed by atoms with Crippen molar-refractivity contribution in [3.05, 3.63) is 133 Å². The van der Waals surface area contributed by atoms with Gasteiger partial charge in [0.25, 0.3) is 5.56 Å². The Kier molecular flexibility index (Phi) is 6.10. The Morgan fingerprint density at radius 3 is 2.70 bits per heavy atom. The first-order valence-corrected chi connectivity index (χ1v) is 13.1. The zero-order chi connectivity index (χ0) is 25.4. The van der Waals surface area contributed by atoms with E-state index in [1.54, 1.807) is 13.2 Å². The molecular formula is C31H26N2O3S. The molecule has 5 nitrogen and oxygen atoms in total. The number of nitrogens with zero attached hydrogens (tertiary/aromatic N) is 2. The number of aromatic nitrogens is 1. The molecule has 0 radical (unpaired) electrons. The molecule has 0 saturated carbocycles. The number of methoxy groups -OCH3 is 1. The van der Waals surface area contributed by atoms with Gasteiger partial charge in [0.2, 0.25) is 0 Å². The molecule has 6 rings (SSSR count). The van der Waals surface area contributed by atoms with Crippen LogP contribution in [0.25, 0.3) is 11.8 Å². The first-order chi connectivity index (χ1) is 18.2. The highest BCUT2D eigenvalue weighted by molar-refractivity contribution is 7.07. The Morgan fingerprint density at radius 1 is 1.05 bits per heavy atom. The Balaban J connectivity index is 1.53. The molecule has 1 aromatic heterocycles. The Labute approximate surface area is 219 Å². The van der Waals surface area contributed by atoms with E-state index in [0.717, 1.165) is 46.7 Å². The minimum absolute atomic E-state index is 0.0334. The fourth-order valence-corrected chi connectivity index (χ4v) is 6.10. The largest absolute Gasteiger partial charge is 0.497 e. The monoisotopic (exact) mass is 506 g/mol. The summed E-state index contributed by atoms with van der Waals surface area (Å²) in [6.45, 7) is 4.14. The van der Waals surface area contributed by atoms with Crippen LogP contribution in [0.5, 0.6) is 11.5 Å². The third kappa shape index (κ3) is 4.23. The molecule has 2 heterocycles. The number of ether oxygens (including phenoxy) is 2. The number of rotatable bonds is 6. The molecule has 4 aromatic rings. The lowest BCUT2D eigenvalue weighted by atomic mass is 9.83. The second-order valence-corrected chi connectivity index (χ2v) is 10.1. The molecule has 0 saturated heterocycles. The molecule has 0 N–H and O–H groups in total. The van der Waals surface area contributed by atoms with Crippen molar-refractivity contribution in [2.75, 3.05) is 13.7 Å². The summed E-state index contributed by atoms with van der Waals surface area (Å²) in [5.74, 6) is 1.54. The van der Waals surface area contributed by atoms with Crippen molar-refractivity contribution in [3.63, 3.8) is 0 Å². The molecule has 0 fully saturated rings. The highest BCUT2D eigenvalue weighted by Crippen LogP contribution is 2.41. The van der Waals surface area contributed by atoms with Crippen molar-refractivity contribution in [2.24, 2.45) is 4.99 Å². The van der Waals surface area contributed by atoms with Gasteiger partial charge in [-0.1, -0.05) is 72.5 Å². The van der Waals surface area contributed by atoms with Gasteiger partial charge in [-0.05, 0) is 65.4 Å². The summed E-state index contributed by atoms with van der Waals surface area (Å²) in [7, 11) is 1.67. The fraction of sp³-hybridized carbons (Fsp3) is 0.161. The number of benzene rings is 3. The number of hydrogen-bond donors (Lipinski definition) is 0. The summed E-state index contributed by atoms with van der Waals surface area (Å²) >= 11 is 1.43. The first-order valence-electron chi connectivity index (χ1n) is 12.3. The molecule has 1 aliphatic carbocycles. The van der Waals surface area contributed by atoms with Gasteiger partial charge in [-0.25, -0.2) is 4.99 Å². The predicted molar refractivity (Wildman–Crippen MR) is 148 cm³/mol. The zero-order valence-corrected chi connectivity index (χ0v) is 21.3. The number of fused-ring (bicyclic) bond motifs is 3. The summed E-state index contributed by atoms with van der Waals surface area (Å²) in [5.41, 5.74) is 6.55. The van der Waals surface area contributed by atoms with Gasteiger partial charge in [0.1, 0.15) is 18.1 Å². The topological polar surface area (TPSA) is 52.8 Å². The summed E-state index contributed by atoms with van der Waals surface area (Å²) in [5, 5.41) is 0. The highest BCUT2D eigenvalue weighted by Gasteiger charge is 2.32. The van der Waals surface area contributed by atoms with Crippen LogP contribution < -0.4 is 24.4 Å². The van der Waals surface area contributed by atoms with E-state index in [9.17, 15) is 4.79 Å². The molecule has 184 valence electrons. The molecule has 0 spiro atoms. The smallest absolute Gasteiger partial charge is 0.271 e. The van der Waals surface area contributed by atoms with E-state index >= 15 is 0 Å². The molecular weight excluding hydrogens is 480 g/mol. The lowest BCUT2D eigenvalue weighted by Crippen LogP contribution is -2.38. The molecule has 0 amide bonds. The van der Waals surface area contributed by atoms with Crippen LogP contribution in [-0.4, -0.2) is 18.3 Å². The van der Waals surface area contributed by atoms with Crippen molar-refractivity contribution in [1.82, 2.24) is 4.57 Å². The third-order valence-corrected chi connectivity index (χ3v) is 7.81.